The van der Waals surface area contributed by atoms with E-state index in [-0.39, 0.29) is 30.2 Å². The summed E-state index contributed by atoms with van der Waals surface area (Å²) in [6, 6.07) is 0. The molecule has 0 spiro atoms. The first-order valence-electron chi connectivity index (χ1n) is 6.64. The van der Waals surface area contributed by atoms with Gasteiger partial charge in [-0.1, -0.05) is 5.21 Å². The van der Waals surface area contributed by atoms with Crippen molar-refractivity contribution in [3.8, 4) is 0 Å². The summed E-state index contributed by atoms with van der Waals surface area (Å²) in [6.45, 7) is 1.22. The lowest BCUT2D eigenvalue weighted by atomic mass is 10.00. The molecule has 3 unspecified atom stereocenters. The molecule has 1 amide bonds. The van der Waals surface area contributed by atoms with Gasteiger partial charge in [0, 0.05) is 19.0 Å². The first-order valence-corrected chi connectivity index (χ1v) is 6.64. The van der Waals surface area contributed by atoms with Crippen LogP contribution in [0.4, 0.5) is 0 Å². The van der Waals surface area contributed by atoms with Crippen LogP contribution in [0.1, 0.15) is 23.3 Å². The monoisotopic (exact) mass is 280 g/mol. The van der Waals surface area contributed by atoms with Crippen molar-refractivity contribution in [1.29, 1.82) is 0 Å². The summed E-state index contributed by atoms with van der Waals surface area (Å²) >= 11 is 0. The van der Waals surface area contributed by atoms with E-state index < -0.39 is 5.97 Å². The molecule has 1 aliphatic carbocycles. The Labute approximate surface area is 115 Å². The topological polar surface area (TPSA) is 109 Å². The quantitative estimate of drug-likeness (QED) is 0.750. The number of carboxylic acids is 1. The van der Waals surface area contributed by atoms with Crippen molar-refractivity contribution in [2.75, 3.05) is 13.1 Å². The highest BCUT2D eigenvalue weighted by molar-refractivity contribution is 5.84. The lowest BCUT2D eigenvalue weighted by molar-refractivity contribution is -0.131. The van der Waals surface area contributed by atoms with Gasteiger partial charge >= 0.3 is 5.97 Å². The maximum atomic E-state index is 12.1. The average Bonchev–Trinajstić information content (AvgIpc) is 3.07. The number of carboxylic acid groups (broad SMARTS) is 1. The van der Waals surface area contributed by atoms with Gasteiger partial charge < -0.3 is 15.1 Å². The predicted octanol–water partition coefficient (Wildman–Crippen LogP) is -0.794. The Morgan fingerprint density at radius 1 is 1.35 bits per heavy atom. The van der Waals surface area contributed by atoms with Crippen molar-refractivity contribution in [3.05, 3.63) is 11.9 Å². The summed E-state index contributed by atoms with van der Waals surface area (Å²) in [4.78, 5) is 24.5. The van der Waals surface area contributed by atoms with Crippen LogP contribution < -0.4 is 0 Å². The van der Waals surface area contributed by atoms with E-state index >= 15 is 0 Å². The standard InChI is InChI=1S/C12H16N4O4/c17-10-2-1-7-3-15(4-8(7)10)11(18)6-16-5-9(12(19)20)13-14-16/h5,7-8,10,17H,1-4,6H2,(H,19,20). The molecule has 3 rings (SSSR count). The normalized spacial score (nSPS) is 28.6. The molecule has 0 bridgehead atoms. The minimum Gasteiger partial charge on any atom is -0.476 e. The van der Waals surface area contributed by atoms with Gasteiger partial charge in [0.2, 0.25) is 5.91 Å². The van der Waals surface area contributed by atoms with Crippen LogP contribution in [0.3, 0.4) is 0 Å². The number of hydrogen-bond acceptors (Lipinski definition) is 5. The van der Waals surface area contributed by atoms with Crippen molar-refractivity contribution in [2.45, 2.75) is 25.5 Å². The number of carbonyl (C=O) groups excluding carboxylic acids is 1. The van der Waals surface area contributed by atoms with E-state index in [0.29, 0.717) is 19.0 Å². The molecule has 1 saturated carbocycles. The van der Waals surface area contributed by atoms with Gasteiger partial charge in [-0.3, -0.25) is 4.79 Å². The number of likely N-dealkylation sites (tertiary alicyclic amines) is 1. The third kappa shape index (κ3) is 2.26. The molecule has 2 aliphatic rings. The maximum Gasteiger partial charge on any atom is 0.358 e. The smallest absolute Gasteiger partial charge is 0.358 e. The molecule has 8 nitrogen and oxygen atoms in total. The SMILES string of the molecule is O=C(O)c1cn(CC(=O)N2CC3CCC(O)C3C2)nn1. The van der Waals surface area contributed by atoms with Gasteiger partial charge in [0.25, 0.3) is 0 Å². The molecule has 0 aromatic carbocycles. The maximum absolute atomic E-state index is 12.1. The molecule has 1 saturated heterocycles. The van der Waals surface area contributed by atoms with Crippen LogP contribution in [0.25, 0.3) is 0 Å². The Hall–Kier alpha value is -1.96. The molecule has 1 aromatic rings. The second-order valence-electron chi connectivity index (χ2n) is 5.47. The lowest BCUT2D eigenvalue weighted by Crippen LogP contribution is -2.33. The van der Waals surface area contributed by atoms with Crippen molar-refractivity contribution >= 4 is 11.9 Å². The summed E-state index contributed by atoms with van der Waals surface area (Å²) < 4.78 is 1.23. The zero-order chi connectivity index (χ0) is 14.3. The Morgan fingerprint density at radius 3 is 2.80 bits per heavy atom. The molecule has 8 heteroatoms. The Balaban J connectivity index is 1.61. The van der Waals surface area contributed by atoms with E-state index in [1.165, 1.54) is 10.9 Å². The Kier molecular flexibility index (Phi) is 3.17. The van der Waals surface area contributed by atoms with E-state index in [9.17, 15) is 14.7 Å². The van der Waals surface area contributed by atoms with Gasteiger partial charge in [-0.2, -0.15) is 0 Å². The molecule has 2 fully saturated rings. The van der Waals surface area contributed by atoms with Crippen LogP contribution in [-0.4, -0.2) is 61.2 Å². The van der Waals surface area contributed by atoms with Crippen molar-refractivity contribution < 1.29 is 19.8 Å². The molecule has 108 valence electrons. The van der Waals surface area contributed by atoms with E-state index in [4.69, 9.17) is 5.11 Å². The van der Waals surface area contributed by atoms with Gasteiger partial charge in [-0.05, 0) is 18.8 Å². The zero-order valence-electron chi connectivity index (χ0n) is 10.8. The number of fused-ring (bicyclic) bond motifs is 1. The molecule has 2 N–H and O–H groups in total. The summed E-state index contributed by atoms with van der Waals surface area (Å²) in [7, 11) is 0. The fourth-order valence-corrected chi connectivity index (χ4v) is 3.15. The fraction of sp³-hybridized carbons (Fsp3) is 0.667. The number of carbonyl (C=O) groups is 2. The van der Waals surface area contributed by atoms with Crippen molar-refractivity contribution in [2.24, 2.45) is 11.8 Å². The molecule has 0 radical (unpaired) electrons. The van der Waals surface area contributed by atoms with Crippen molar-refractivity contribution in [1.82, 2.24) is 19.9 Å². The minimum absolute atomic E-state index is 0.0180. The van der Waals surface area contributed by atoms with Crippen LogP contribution in [0.15, 0.2) is 6.20 Å². The van der Waals surface area contributed by atoms with Gasteiger partial charge in [-0.15, -0.1) is 5.10 Å². The number of rotatable bonds is 3. The fourth-order valence-electron chi connectivity index (χ4n) is 3.15. The number of aromatic carboxylic acids is 1. The van der Waals surface area contributed by atoms with Gasteiger partial charge in [0.05, 0.1) is 12.3 Å². The zero-order valence-corrected chi connectivity index (χ0v) is 10.8. The van der Waals surface area contributed by atoms with Crippen LogP contribution in [-0.2, 0) is 11.3 Å². The third-order valence-corrected chi connectivity index (χ3v) is 4.23. The molecule has 20 heavy (non-hydrogen) atoms. The van der Waals surface area contributed by atoms with Gasteiger partial charge in [0.15, 0.2) is 5.69 Å². The molecule has 3 atom stereocenters. The molecule has 2 heterocycles. The van der Waals surface area contributed by atoms with E-state index in [1.807, 2.05) is 0 Å². The third-order valence-electron chi connectivity index (χ3n) is 4.23. The molecule has 1 aliphatic heterocycles. The Bertz CT molecular complexity index is 543. The Morgan fingerprint density at radius 2 is 2.15 bits per heavy atom. The van der Waals surface area contributed by atoms with Gasteiger partial charge in [-0.25, -0.2) is 9.48 Å². The second kappa shape index (κ2) is 4.86. The highest BCUT2D eigenvalue weighted by Gasteiger charge is 2.43. The summed E-state index contributed by atoms with van der Waals surface area (Å²) in [5.74, 6) is -0.709. The molecule has 1 aromatic heterocycles. The molecular weight excluding hydrogens is 264 g/mol. The van der Waals surface area contributed by atoms with E-state index in [0.717, 1.165) is 12.8 Å². The number of hydrogen-bond donors (Lipinski definition) is 2. The average molecular weight is 280 g/mol. The summed E-state index contributed by atoms with van der Waals surface area (Å²) in [5, 5.41) is 25.7. The van der Waals surface area contributed by atoms with E-state index in [1.54, 1.807) is 4.90 Å². The van der Waals surface area contributed by atoms with Crippen LogP contribution in [0.2, 0.25) is 0 Å². The van der Waals surface area contributed by atoms with E-state index in [2.05, 4.69) is 10.3 Å². The highest BCUT2D eigenvalue weighted by atomic mass is 16.4. The number of nitrogens with zero attached hydrogens (tertiary/aromatic N) is 4. The summed E-state index contributed by atoms with van der Waals surface area (Å²) in [5.41, 5.74) is -0.175. The summed E-state index contributed by atoms with van der Waals surface area (Å²) in [6.07, 6.45) is 2.72. The van der Waals surface area contributed by atoms with Crippen LogP contribution in [0.5, 0.6) is 0 Å². The number of aliphatic hydroxyl groups is 1. The lowest BCUT2D eigenvalue weighted by Gasteiger charge is -2.18. The first kappa shape index (κ1) is 13.0. The second-order valence-corrected chi connectivity index (χ2v) is 5.47. The number of aromatic nitrogens is 3. The molecular formula is C12H16N4O4. The number of aliphatic hydroxyl groups excluding tert-OH is 1. The predicted molar refractivity (Wildman–Crippen MR) is 65.8 cm³/mol. The van der Waals surface area contributed by atoms with Gasteiger partial charge in [0.1, 0.15) is 6.54 Å². The van der Waals surface area contributed by atoms with Crippen LogP contribution in [0, 0.1) is 11.8 Å². The minimum atomic E-state index is -1.16. The largest absolute Gasteiger partial charge is 0.476 e. The highest BCUT2D eigenvalue weighted by Crippen LogP contribution is 2.38. The first-order chi connectivity index (χ1) is 9.54. The van der Waals surface area contributed by atoms with Crippen molar-refractivity contribution in [3.63, 3.8) is 0 Å². The number of amides is 1. The van der Waals surface area contributed by atoms with Crippen LogP contribution >= 0.6 is 0 Å².